The minimum absolute atomic E-state index is 0.0214. The number of aromatic carboxylic acids is 1. The molecular weight excluding hydrogens is 309 g/mol. The lowest BCUT2D eigenvalue weighted by Gasteiger charge is -2.09. The summed E-state index contributed by atoms with van der Waals surface area (Å²) in [6.45, 7) is 1.53. The predicted octanol–water partition coefficient (Wildman–Crippen LogP) is 4.24. The van der Waals surface area contributed by atoms with E-state index >= 15 is 0 Å². The SMILES string of the molecule is C/C(=N\Nc1ccccc1C(=O)O)c1cccc(C(F)(F)F)c1. The van der Waals surface area contributed by atoms with Gasteiger partial charge < -0.3 is 5.11 Å². The smallest absolute Gasteiger partial charge is 0.416 e. The van der Waals surface area contributed by atoms with Gasteiger partial charge in [0.2, 0.25) is 0 Å². The Kier molecular flexibility index (Phi) is 4.68. The van der Waals surface area contributed by atoms with Gasteiger partial charge in [-0.25, -0.2) is 4.79 Å². The molecule has 0 aliphatic heterocycles. The molecule has 2 N–H and O–H groups in total. The molecule has 2 aromatic carbocycles. The van der Waals surface area contributed by atoms with Crippen LogP contribution in [0, 0.1) is 0 Å². The topological polar surface area (TPSA) is 61.7 Å². The monoisotopic (exact) mass is 322 g/mol. The molecule has 23 heavy (non-hydrogen) atoms. The molecule has 0 unspecified atom stereocenters. The number of hydrazone groups is 1. The van der Waals surface area contributed by atoms with E-state index in [2.05, 4.69) is 10.5 Å². The van der Waals surface area contributed by atoms with Gasteiger partial charge in [0.1, 0.15) is 0 Å². The standard InChI is InChI=1S/C16H13F3N2O2/c1-10(11-5-4-6-12(9-11)16(17,18)19)20-21-14-8-3-2-7-13(14)15(22)23/h2-9,21H,1H3,(H,22,23)/b20-10+. The Labute approximate surface area is 130 Å². The fourth-order valence-corrected chi connectivity index (χ4v) is 1.90. The van der Waals surface area contributed by atoms with E-state index in [9.17, 15) is 18.0 Å². The van der Waals surface area contributed by atoms with Crippen LogP contribution in [-0.2, 0) is 6.18 Å². The van der Waals surface area contributed by atoms with E-state index in [0.29, 0.717) is 11.3 Å². The molecule has 0 bridgehead atoms. The van der Waals surface area contributed by atoms with Crippen molar-refractivity contribution in [3.8, 4) is 0 Å². The lowest BCUT2D eigenvalue weighted by molar-refractivity contribution is -0.137. The number of hydrogen-bond donors (Lipinski definition) is 2. The highest BCUT2D eigenvalue weighted by atomic mass is 19.4. The van der Waals surface area contributed by atoms with Gasteiger partial charge in [-0.05, 0) is 36.8 Å². The van der Waals surface area contributed by atoms with E-state index in [1.54, 1.807) is 12.1 Å². The molecule has 0 amide bonds. The Morgan fingerprint density at radius 1 is 1.13 bits per heavy atom. The van der Waals surface area contributed by atoms with Gasteiger partial charge in [0.15, 0.2) is 0 Å². The molecule has 0 radical (unpaired) electrons. The fourth-order valence-electron chi connectivity index (χ4n) is 1.90. The highest BCUT2D eigenvalue weighted by molar-refractivity contribution is 6.00. The zero-order valence-corrected chi connectivity index (χ0v) is 12.1. The molecular formula is C16H13F3N2O2. The van der Waals surface area contributed by atoms with Crippen LogP contribution in [0.4, 0.5) is 18.9 Å². The van der Waals surface area contributed by atoms with E-state index in [0.717, 1.165) is 12.1 Å². The van der Waals surface area contributed by atoms with Crippen LogP contribution in [0.1, 0.15) is 28.4 Å². The van der Waals surface area contributed by atoms with Crippen molar-refractivity contribution in [2.24, 2.45) is 5.10 Å². The number of carboxylic acids is 1. The summed E-state index contributed by atoms with van der Waals surface area (Å²) in [4.78, 5) is 11.1. The van der Waals surface area contributed by atoms with E-state index in [-0.39, 0.29) is 11.3 Å². The first-order valence-electron chi connectivity index (χ1n) is 6.59. The van der Waals surface area contributed by atoms with Gasteiger partial charge in [-0.2, -0.15) is 18.3 Å². The molecule has 0 atom stereocenters. The maximum Gasteiger partial charge on any atom is 0.416 e. The van der Waals surface area contributed by atoms with Crippen LogP contribution in [0.15, 0.2) is 53.6 Å². The molecule has 120 valence electrons. The van der Waals surface area contributed by atoms with Gasteiger partial charge in [0, 0.05) is 0 Å². The van der Waals surface area contributed by atoms with Crippen molar-refractivity contribution in [1.82, 2.24) is 0 Å². The third-order valence-corrected chi connectivity index (χ3v) is 3.11. The average molecular weight is 322 g/mol. The van der Waals surface area contributed by atoms with Crippen LogP contribution >= 0.6 is 0 Å². The predicted molar refractivity (Wildman–Crippen MR) is 80.7 cm³/mol. The van der Waals surface area contributed by atoms with Gasteiger partial charge in [-0.15, -0.1) is 0 Å². The zero-order valence-electron chi connectivity index (χ0n) is 12.1. The summed E-state index contributed by atoms with van der Waals surface area (Å²) in [5.74, 6) is -1.12. The van der Waals surface area contributed by atoms with Crippen LogP contribution in [0.2, 0.25) is 0 Å². The van der Waals surface area contributed by atoms with Crippen LogP contribution in [0.25, 0.3) is 0 Å². The number of para-hydroxylation sites is 1. The highest BCUT2D eigenvalue weighted by Crippen LogP contribution is 2.29. The molecule has 7 heteroatoms. The summed E-state index contributed by atoms with van der Waals surface area (Å²) in [5.41, 5.74) is 2.68. The first kappa shape index (κ1) is 16.5. The summed E-state index contributed by atoms with van der Waals surface area (Å²) in [6.07, 6.45) is -4.43. The number of benzene rings is 2. The number of halogens is 3. The molecule has 0 fully saturated rings. The lowest BCUT2D eigenvalue weighted by Crippen LogP contribution is -2.08. The van der Waals surface area contributed by atoms with Gasteiger partial charge >= 0.3 is 12.1 Å². The van der Waals surface area contributed by atoms with Crippen molar-refractivity contribution in [3.63, 3.8) is 0 Å². The van der Waals surface area contributed by atoms with E-state index < -0.39 is 17.7 Å². The number of anilines is 1. The summed E-state index contributed by atoms with van der Waals surface area (Å²) in [6, 6.07) is 10.9. The van der Waals surface area contributed by atoms with Crippen molar-refractivity contribution in [2.45, 2.75) is 13.1 Å². The second-order valence-corrected chi connectivity index (χ2v) is 4.74. The molecule has 0 aliphatic carbocycles. The second kappa shape index (κ2) is 6.51. The molecule has 2 rings (SSSR count). The first-order valence-corrected chi connectivity index (χ1v) is 6.59. The maximum absolute atomic E-state index is 12.7. The number of nitrogens with one attached hydrogen (secondary N) is 1. The summed E-state index contributed by atoms with van der Waals surface area (Å²) >= 11 is 0. The number of hydrogen-bond acceptors (Lipinski definition) is 3. The van der Waals surface area contributed by atoms with Gasteiger partial charge in [0.25, 0.3) is 0 Å². The number of carboxylic acid groups (broad SMARTS) is 1. The Bertz CT molecular complexity index is 755. The Hall–Kier alpha value is -2.83. The molecule has 0 saturated heterocycles. The number of alkyl halides is 3. The maximum atomic E-state index is 12.7. The van der Waals surface area contributed by atoms with Crippen molar-refractivity contribution in [3.05, 3.63) is 65.2 Å². The van der Waals surface area contributed by atoms with Crippen molar-refractivity contribution in [2.75, 3.05) is 5.43 Å². The second-order valence-electron chi connectivity index (χ2n) is 4.74. The number of rotatable bonds is 4. The Morgan fingerprint density at radius 2 is 1.83 bits per heavy atom. The minimum Gasteiger partial charge on any atom is -0.478 e. The lowest BCUT2D eigenvalue weighted by atomic mass is 10.1. The van der Waals surface area contributed by atoms with Crippen LogP contribution in [-0.4, -0.2) is 16.8 Å². The zero-order chi connectivity index (χ0) is 17.0. The average Bonchev–Trinajstić information content (AvgIpc) is 2.52. The quantitative estimate of drug-likeness (QED) is 0.654. The minimum atomic E-state index is -4.43. The van der Waals surface area contributed by atoms with Crippen LogP contribution in [0.5, 0.6) is 0 Å². The fraction of sp³-hybridized carbons (Fsp3) is 0.125. The van der Waals surface area contributed by atoms with Crippen LogP contribution in [0.3, 0.4) is 0 Å². The Morgan fingerprint density at radius 3 is 2.48 bits per heavy atom. The van der Waals surface area contributed by atoms with Gasteiger partial charge in [-0.1, -0.05) is 24.3 Å². The molecule has 0 aromatic heterocycles. The van der Waals surface area contributed by atoms with Crippen molar-refractivity contribution >= 4 is 17.4 Å². The largest absolute Gasteiger partial charge is 0.478 e. The van der Waals surface area contributed by atoms with E-state index in [4.69, 9.17) is 5.11 Å². The Balaban J connectivity index is 2.26. The molecule has 0 saturated carbocycles. The summed E-state index contributed by atoms with van der Waals surface area (Å²) < 4.78 is 38.1. The molecule has 4 nitrogen and oxygen atoms in total. The summed E-state index contributed by atoms with van der Waals surface area (Å²) in [7, 11) is 0. The third kappa shape index (κ3) is 4.09. The third-order valence-electron chi connectivity index (χ3n) is 3.11. The molecule has 0 heterocycles. The van der Waals surface area contributed by atoms with Gasteiger partial charge in [0.05, 0.1) is 22.5 Å². The van der Waals surface area contributed by atoms with Crippen LogP contribution < -0.4 is 5.43 Å². The van der Waals surface area contributed by atoms with Crippen molar-refractivity contribution < 1.29 is 23.1 Å². The van der Waals surface area contributed by atoms with E-state index in [1.807, 2.05) is 0 Å². The molecule has 2 aromatic rings. The number of nitrogens with zero attached hydrogens (tertiary/aromatic N) is 1. The molecule has 0 spiro atoms. The first-order chi connectivity index (χ1) is 10.8. The normalized spacial score (nSPS) is 12.1. The molecule has 0 aliphatic rings. The van der Waals surface area contributed by atoms with Gasteiger partial charge in [-0.3, -0.25) is 5.43 Å². The van der Waals surface area contributed by atoms with E-state index in [1.165, 1.54) is 31.2 Å². The summed E-state index contributed by atoms with van der Waals surface area (Å²) in [5, 5.41) is 13.0. The number of carbonyl (C=O) groups is 1. The highest BCUT2D eigenvalue weighted by Gasteiger charge is 2.30. The van der Waals surface area contributed by atoms with Crippen molar-refractivity contribution in [1.29, 1.82) is 0 Å².